The first-order chi connectivity index (χ1) is 11.2. The van der Waals surface area contributed by atoms with Crippen LogP contribution in [0.1, 0.15) is 44.6 Å². The molecule has 0 aromatic carbocycles. The second-order valence-electron chi connectivity index (χ2n) is 6.29. The Morgan fingerprint density at radius 1 is 1.39 bits per heavy atom. The standard InChI is InChI=1S/C17H25N3O3/c1-2-20(14-6-4-3-5-7-14)16-13(10-15(21)11-18-16)12-19-8-9-23-17(19)22/h10-11,14,21H,2-9,12H2,1H3. The molecule has 1 aliphatic heterocycles. The van der Waals surface area contributed by atoms with Crippen LogP contribution in [0.2, 0.25) is 0 Å². The maximum Gasteiger partial charge on any atom is 0.410 e. The molecule has 1 amide bonds. The number of rotatable bonds is 5. The minimum Gasteiger partial charge on any atom is -0.506 e. The van der Waals surface area contributed by atoms with Crippen molar-refractivity contribution in [1.29, 1.82) is 0 Å². The van der Waals surface area contributed by atoms with E-state index in [9.17, 15) is 9.90 Å². The molecular formula is C17H25N3O3. The van der Waals surface area contributed by atoms with Crippen LogP contribution in [-0.2, 0) is 11.3 Å². The van der Waals surface area contributed by atoms with Crippen LogP contribution >= 0.6 is 0 Å². The largest absolute Gasteiger partial charge is 0.506 e. The summed E-state index contributed by atoms with van der Waals surface area (Å²) in [5, 5.41) is 9.83. The SMILES string of the molecule is CCN(c1ncc(O)cc1CN1CCOC1=O)C1CCCCC1. The molecule has 6 heteroatoms. The van der Waals surface area contributed by atoms with Gasteiger partial charge < -0.3 is 19.6 Å². The summed E-state index contributed by atoms with van der Waals surface area (Å²) >= 11 is 0. The predicted molar refractivity (Wildman–Crippen MR) is 87.6 cm³/mol. The molecule has 0 radical (unpaired) electrons. The number of amides is 1. The van der Waals surface area contributed by atoms with Gasteiger partial charge in [-0.05, 0) is 25.8 Å². The fourth-order valence-electron chi connectivity index (χ4n) is 3.61. The number of pyridine rings is 1. The van der Waals surface area contributed by atoms with Crippen molar-refractivity contribution in [2.45, 2.75) is 51.6 Å². The summed E-state index contributed by atoms with van der Waals surface area (Å²) in [6.45, 7) is 4.46. The quantitative estimate of drug-likeness (QED) is 0.904. The minimum absolute atomic E-state index is 0.135. The van der Waals surface area contributed by atoms with Gasteiger partial charge >= 0.3 is 6.09 Å². The third-order valence-electron chi connectivity index (χ3n) is 4.76. The first-order valence-corrected chi connectivity index (χ1v) is 8.55. The Bertz CT molecular complexity index is 558. The topological polar surface area (TPSA) is 65.9 Å². The number of nitrogens with zero attached hydrogens (tertiary/aromatic N) is 3. The van der Waals surface area contributed by atoms with Gasteiger partial charge in [0.2, 0.25) is 0 Å². The van der Waals surface area contributed by atoms with Crippen molar-refractivity contribution >= 4 is 11.9 Å². The molecule has 0 unspecified atom stereocenters. The van der Waals surface area contributed by atoms with Gasteiger partial charge in [-0.3, -0.25) is 0 Å². The van der Waals surface area contributed by atoms with Gasteiger partial charge in [0.05, 0.1) is 19.3 Å². The number of hydrogen-bond acceptors (Lipinski definition) is 5. The smallest absolute Gasteiger partial charge is 0.410 e. The second-order valence-corrected chi connectivity index (χ2v) is 6.29. The highest BCUT2D eigenvalue weighted by Gasteiger charge is 2.27. The van der Waals surface area contributed by atoms with Crippen molar-refractivity contribution in [2.75, 3.05) is 24.6 Å². The summed E-state index contributed by atoms with van der Waals surface area (Å²) in [6.07, 6.45) is 7.39. The van der Waals surface area contributed by atoms with Crippen LogP contribution in [0.4, 0.5) is 10.6 Å². The summed E-state index contributed by atoms with van der Waals surface area (Å²) in [7, 11) is 0. The lowest BCUT2D eigenvalue weighted by Crippen LogP contribution is -2.38. The first kappa shape index (κ1) is 15.9. The summed E-state index contributed by atoms with van der Waals surface area (Å²) in [4.78, 5) is 20.2. The molecule has 126 valence electrons. The molecular weight excluding hydrogens is 294 g/mol. The van der Waals surface area contributed by atoms with E-state index in [0.29, 0.717) is 25.7 Å². The molecule has 0 bridgehead atoms. The van der Waals surface area contributed by atoms with Crippen molar-refractivity contribution in [2.24, 2.45) is 0 Å². The number of carbonyl (C=O) groups is 1. The van der Waals surface area contributed by atoms with Gasteiger partial charge in [0.15, 0.2) is 0 Å². The number of anilines is 1. The van der Waals surface area contributed by atoms with Gasteiger partial charge in [0.1, 0.15) is 18.2 Å². The van der Waals surface area contributed by atoms with E-state index in [4.69, 9.17) is 4.74 Å². The molecule has 1 aliphatic carbocycles. The fourth-order valence-corrected chi connectivity index (χ4v) is 3.61. The molecule has 2 fully saturated rings. The van der Waals surface area contributed by atoms with Crippen molar-refractivity contribution in [3.05, 3.63) is 17.8 Å². The lowest BCUT2D eigenvalue weighted by Gasteiger charge is -2.36. The highest BCUT2D eigenvalue weighted by molar-refractivity contribution is 5.69. The zero-order valence-electron chi connectivity index (χ0n) is 13.7. The van der Waals surface area contributed by atoms with Crippen molar-refractivity contribution in [3.63, 3.8) is 0 Å². The normalized spacial score (nSPS) is 19.0. The maximum atomic E-state index is 11.7. The zero-order valence-corrected chi connectivity index (χ0v) is 13.7. The van der Waals surface area contributed by atoms with Crippen LogP contribution in [0.5, 0.6) is 5.75 Å². The number of ether oxygens (including phenoxy) is 1. The summed E-state index contributed by atoms with van der Waals surface area (Å²) in [6, 6.07) is 2.22. The Hall–Kier alpha value is -1.98. The first-order valence-electron chi connectivity index (χ1n) is 8.55. The number of hydrogen-bond donors (Lipinski definition) is 1. The van der Waals surface area contributed by atoms with Crippen LogP contribution in [0, 0.1) is 0 Å². The van der Waals surface area contributed by atoms with E-state index >= 15 is 0 Å². The Balaban J connectivity index is 1.85. The third kappa shape index (κ3) is 3.51. The monoisotopic (exact) mass is 319 g/mol. The molecule has 3 rings (SSSR count). The minimum atomic E-state index is -0.292. The van der Waals surface area contributed by atoms with Gasteiger partial charge in [-0.25, -0.2) is 9.78 Å². The molecule has 23 heavy (non-hydrogen) atoms. The lowest BCUT2D eigenvalue weighted by atomic mass is 9.94. The van der Waals surface area contributed by atoms with E-state index in [1.165, 1.54) is 38.3 Å². The maximum absolute atomic E-state index is 11.7. The Morgan fingerprint density at radius 3 is 2.83 bits per heavy atom. The average Bonchev–Trinajstić information content (AvgIpc) is 2.96. The Kier molecular flexibility index (Phi) is 4.88. The van der Waals surface area contributed by atoms with Crippen molar-refractivity contribution < 1.29 is 14.6 Å². The van der Waals surface area contributed by atoms with Crippen LogP contribution < -0.4 is 4.90 Å². The number of carbonyl (C=O) groups excluding carboxylic acids is 1. The number of aromatic hydroxyl groups is 1. The summed E-state index contributed by atoms with van der Waals surface area (Å²) in [5.41, 5.74) is 0.885. The molecule has 1 aromatic rings. The van der Waals surface area contributed by atoms with E-state index < -0.39 is 0 Å². The third-order valence-corrected chi connectivity index (χ3v) is 4.76. The van der Waals surface area contributed by atoms with Crippen molar-refractivity contribution in [1.82, 2.24) is 9.88 Å². The molecule has 1 N–H and O–H groups in total. The van der Waals surface area contributed by atoms with Crippen LogP contribution in [0.3, 0.4) is 0 Å². The van der Waals surface area contributed by atoms with Gasteiger partial charge in [-0.1, -0.05) is 19.3 Å². The second kappa shape index (κ2) is 7.06. The molecule has 0 spiro atoms. The van der Waals surface area contributed by atoms with Gasteiger partial charge in [-0.2, -0.15) is 0 Å². The van der Waals surface area contributed by atoms with E-state index in [1.54, 1.807) is 11.0 Å². The van der Waals surface area contributed by atoms with Crippen molar-refractivity contribution in [3.8, 4) is 5.75 Å². The highest BCUT2D eigenvalue weighted by atomic mass is 16.6. The number of aromatic nitrogens is 1. The highest BCUT2D eigenvalue weighted by Crippen LogP contribution is 2.30. The van der Waals surface area contributed by atoms with Gasteiger partial charge in [-0.15, -0.1) is 0 Å². The Labute approximate surface area is 137 Å². The van der Waals surface area contributed by atoms with Crippen LogP contribution in [0.25, 0.3) is 0 Å². The molecule has 1 saturated heterocycles. The molecule has 1 aromatic heterocycles. The predicted octanol–water partition coefficient (Wildman–Crippen LogP) is 2.90. The number of cyclic esters (lactones) is 1. The molecule has 2 aliphatic rings. The summed E-state index contributed by atoms with van der Waals surface area (Å²) in [5.74, 6) is 1.02. The van der Waals surface area contributed by atoms with E-state index in [0.717, 1.165) is 17.9 Å². The van der Waals surface area contributed by atoms with Gasteiger partial charge in [0, 0.05) is 18.2 Å². The molecule has 2 heterocycles. The molecule has 0 atom stereocenters. The molecule has 6 nitrogen and oxygen atoms in total. The fraction of sp³-hybridized carbons (Fsp3) is 0.647. The Morgan fingerprint density at radius 2 is 2.17 bits per heavy atom. The van der Waals surface area contributed by atoms with Crippen LogP contribution in [0.15, 0.2) is 12.3 Å². The van der Waals surface area contributed by atoms with E-state index in [-0.39, 0.29) is 11.8 Å². The zero-order chi connectivity index (χ0) is 16.2. The van der Waals surface area contributed by atoms with E-state index in [2.05, 4.69) is 16.8 Å². The lowest BCUT2D eigenvalue weighted by molar-refractivity contribution is 0.157. The van der Waals surface area contributed by atoms with E-state index in [1.807, 2.05) is 0 Å². The average molecular weight is 319 g/mol. The molecule has 1 saturated carbocycles. The summed E-state index contributed by atoms with van der Waals surface area (Å²) < 4.78 is 5.00. The van der Waals surface area contributed by atoms with Gasteiger partial charge in [0.25, 0.3) is 0 Å². The van der Waals surface area contributed by atoms with Crippen LogP contribution in [-0.4, -0.2) is 46.8 Å².